The summed E-state index contributed by atoms with van der Waals surface area (Å²) in [6, 6.07) is 14.4. The van der Waals surface area contributed by atoms with E-state index < -0.39 is 0 Å². The van der Waals surface area contributed by atoms with Crippen LogP contribution in [0.2, 0.25) is 0 Å². The number of nitrogens with zero attached hydrogens (tertiary/aromatic N) is 6. The third kappa shape index (κ3) is 6.29. The van der Waals surface area contributed by atoms with Crippen LogP contribution in [0.25, 0.3) is 0 Å². The Hall–Kier alpha value is -3.39. The van der Waals surface area contributed by atoms with E-state index in [1.165, 1.54) is 5.56 Å². The minimum absolute atomic E-state index is 0.296. The number of anilines is 1. The molecule has 1 aliphatic rings. The van der Waals surface area contributed by atoms with Crippen LogP contribution in [-0.4, -0.2) is 59.1 Å². The zero-order valence-corrected chi connectivity index (χ0v) is 17.6. The molecule has 4 rings (SSSR count). The molecule has 0 N–H and O–H groups in total. The van der Waals surface area contributed by atoms with Crippen molar-refractivity contribution in [3.63, 3.8) is 0 Å². The first-order valence-corrected chi connectivity index (χ1v) is 10.4. The Kier molecular flexibility index (Phi) is 7.12. The first kappa shape index (κ1) is 20.9. The first-order chi connectivity index (χ1) is 15.3. The minimum Gasteiger partial charge on any atom is -0.463 e. The number of pyridine rings is 1. The standard InChI is InChI=1S/C23H26N6O2/c1-18-5-4-6-19(15-18)16-24-17-21-26-22(29-10-13-30-14-11-29)28-23(27-21)31-12-8-20-7-2-3-9-25-20/h2-7,9,15,17H,8,10-14,16H2,1H3. The molecule has 0 unspecified atom stereocenters. The van der Waals surface area contributed by atoms with E-state index in [0.29, 0.717) is 50.6 Å². The maximum absolute atomic E-state index is 5.84. The van der Waals surface area contributed by atoms with Crippen LogP contribution in [0.5, 0.6) is 6.01 Å². The van der Waals surface area contributed by atoms with Crippen molar-refractivity contribution in [3.8, 4) is 6.01 Å². The number of morpholine rings is 1. The zero-order valence-electron chi connectivity index (χ0n) is 17.6. The van der Waals surface area contributed by atoms with Crippen LogP contribution >= 0.6 is 0 Å². The lowest BCUT2D eigenvalue weighted by Crippen LogP contribution is -2.37. The summed E-state index contributed by atoms with van der Waals surface area (Å²) in [6.07, 6.45) is 4.13. The van der Waals surface area contributed by atoms with Crippen LogP contribution in [0, 0.1) is 6.92 Å². The van der Waals surface area contributed by atoms with Gasteiger partial charge in [0.15, 0.2) is 5.82 Å². The lowest BCUT2D eigenvalue weighted by molar-refractivity contribution is 0.122. The second kappa shape index (κ2) is 10.6. The summed E-state index contributed by atoms with van der Waals surface area (Å²) in [4.78, 5) is 24.4. The number of ether oxygens (including phenoxy) is 2. The van der Waals surface area contributed by atoms with Gasteiger partial charge in [-0.15, -0.1) is 0 Å². The van der Waals surface area contributed by atoms with E-state index in [1.807, 2.05) is 24.3 Å². The van der Waals surface area contributed by atoms with Crippen LogP contribution in [0.1, 0.15) is 22.6 Å². The number of hydrogen-bond donors (Lipinski definition) is 0. The maximum Gasteiger partial charge on any atom is 0.321 e. The van der Waals surface area contributed by atoms with Crippen molar-refractivity contribution >= 4 is 12.2 Å². The van der Waals surface area contributed by atoms with E-state index in [9.17, 15) is 0 Å². The van der Waals surface area contributed by atoms with E-state index in [2.05, 4.69) is 55.0 Å². The molecule has 8 nitrogen and oxygen atoms in total. The molecule has 8 heteroatoms. The summed E-state index contributed by atoms with van der Waals surface area (Å²) in [7, 11) is 0. The molecule has 1 fully saturated rings. The Balaban J connectivity index is 1.47. The lowest BCUT2D eigenvalue weighted by atomic mass is 10.1. The smallest absolute Gasteiger partial charge is 0.321 e. The predicted molar refractivity (Wildman–Crippen MR) is 119 cm³/mol. The third-order valence-corrected chi connectivity index (χ3v) is 4.79. The minimum atomic E-state index is 0.296. The lowest BCUT2D eigenvalue weighted by Gasteiger charge is -2.26. The number of rotatable bonds is 8. The van der Waals surface area contributed by atoms with Crippen molar-refractivity contribution in [1.29, 1.82) is 0 Å². The molecule has 1 saturated heterocycles. The fraction of sp³-hybridized carbons (Fsp3) is 0.348. The van der Waals surface area contributed by atoms with Crippen LogP contribution in [0.4, 0.5) is 5.95 Å². The van der Waals surface area contributed by atoms with E-state index >= 15 is 0 Å². The molecule has 3 heterocycles. The Morgan fingerprint density at radius 1 is 1.10 bits per heavy atom. The summed E-state index contributed by atoms with van der Waals surface area (Å²) in [5.41, 5.74) is 3.32. The maximum atomic E-state index is 5.84. The van der Waals surface area contributed by atoms with Crippen molar-refractivity contribution in [1.82, 2.24) is 19.9 Å². The molecule has 1 aromatic carbocycles. The molecule has 160 valence electrons. The molecule has 0 bridgehead atoms. The highest BCUT2D eigenvalue weighted by Crippen LogP contribution is 2.14. The first-order valence-electron chi connectivity index (χ1n) is 10.4. The molecular weight excluding hydrogens is 392 g/mol. The molecule has 3 aromatic rings. The van der Waals surface area contributed by atoms with Crippen molar-refractivity contribution in [2.75, 3.05) is 37.8 Å². The Labute approximate surface area is 182 Å². The summed E-state index contributed by atoms with van der Waals surface area (Å²) < 4.78 is 11.3. The average molecular weight is 419 g/mol. The molecule has 2 aromatic heterocycles. The van der Waals surface area contributed by atoms with Crippen molar-refractivity contribution in [2.24, 2.45) is 4.99 Å². The molecule has 0 spiro atoms. The molecule has 0 radical (unpaired) electrons. The third-order valence-electron chi connectivity index (χ3n) is 4.79. The molecular formula is C23H26N6O2. The normalized spacial score (nSPS) is 14.2. The topological polar surface area (TPSA) is 85.6 Å². The van der Waals surface area contributed by atoms with E-state index in [4.69, 9.17) is 9.47 Å². The van der Waals surface area contributed by atoms with Gasteiger partial charge in [0.2, 0.25) is 5.95 Å². The van der Waals surface area contributed by atoms with Gasteiger partial charge in [0.25, 0.3) is 0 Å². The fourth-order valence-corrected chi connectivity index (χ4v) is 3.22. The van der Waals surface area contributed by atoms with E-state index in [1.54, 1.807) is 12.4 Å². The predicted octanol–water partition coefficient (Wildman–Crippen LogP) is 2.65. The monoisotopic (exact) mass is 418 g/mol. The van der Waals surface area contributed by atoms with Gasteiger partial charge in [0.1, 0.15) is 0 Å². The van der Waals surface area contributed by atoms with Gasteiger partial charge in [-0.25, -0.2) is 0 Å². The zero-order chi connectivity index (χ0) is 21.3. The molecule has 31 heavy (non-hydrogen) atoms. The van der Waals surface area contributed by atoms with Gasteiger partial charge < -0.3 is 14.4 Å². The van der Waals surface area contributed by atoms with Gasteiger partial charge in [-0.3, -0.25) is 9.98 Å². The van der Waals surface area contributed by atoms with Crippen LogP contribution in [0.15, 0.2) is 53.7 Å². The van der Waals surface area contributed by atoms with E-state index in [0.717, 1.165) is 24.3 Å². The molecule has 0 atom stereocenters. The molecule has 1 aliphatic heterocycles. The Morgan fingerprint density at radius 2 is 2.00 bits per heavy atom. The van der Waals surface area contributed by atoms with Crippen LogP contribution in [-0.2, 0) is 17.7 Å². The highest BCUT2D eigenvalue weighted by atomic mass is 16.5. The summed E-state index contributed by atoms with van der Waals surface area (Å²) >= 11 is 0. The quantitative estimate of drug-likeness (QED) is 0.520. The number of hydrogen-bond acceptors (Lipinski definition) is 8. The van der Waals surface area contributed by atoms with Gasteiger partial charge in [-0.1, -0.05) is 35.9 Å². The highest BCUT2D eigenvalue weighted by Gasteiger charge is 2.16. The Bertz CT molecular complexity index is 1010. The van der Waals surface area contributed by atoms with Crippen LogP contribution < -0.4 is 9.64 Å². The van der Waals surface area contributed by atoms with Crippen LogP contribution in [0.3, 0.4) is 0 Å². The summed E-state index contributed by atoms with van der Waals surface area (Å²) in [5, 5.41) is 0. The molecule has 0 amide bonds. The van der Waals surface area contributed by atoms with Gasteiger partial charge in [0.05, 0.1) is 32.6 Å². The summed E-state index contributed by atoms with van der Waals surface area (Å²) in [5.74, 6) is 1.07. The van der Waals surface area contributed by atoms with Gasteiger partial charge in [0, 0.05) is 31.4 Å². The average Bonchev–Trinajstić information content (AvgIpc) is 2.80. The SMILES string of the molecule is Cc1cccc(CN=Cc2nc(OCCc3ccccn3)nc(N3CCOCC3)n2)c1. The van der Waals surface area contributed by atoms with Gasteiger partial charge in [-0.05, 0) is 24.6 Å². The summed E-state index contributed by atoms with van der Waals surface area (Å²) in [6.45, 7) is 5.84. The van der Waals surface area contributed by atoms with Crippen molar-refractivity contribution < 1.29 is 9.47 Å². The fourth-order valence-electron chi connectivity index (χ4n) is 3.22. The molecule has 0 aliphatic carbocycles. The largest absolute Gasteiger partial charge is 0.463 e. The number of aliphatic imine (C=N–C) groups is 1. The van der Waals surface area contributed by atoms with Gasteiger partial charge in [-0.2, -0.15) is 15.0 Å². The number of benzene rings is 1. The second-order valence-electron chi connectivity index (χ2n) is 7.25. The van der Waals surface area contributed by atoms with E-state index in [-0.39, 0.29) is 0 Å². The molecule has 0 saturated carbocycles. The van der Waals surface area contributed by atoms with Gasteiger partial charge >= 0.3 is 6.01 Å². The second-order valence-corrected chi connectivity index (χ2v) is 7.25. The van der Waals surface area contributed by atoms with Crippen molar-refractivity contribution in [2.45, 2.75) is 19.9 Å². The Morgan fingerprint density at radius 3 is 2.81 bits per heavy atom. The number of aromatic nitrogens is 4. The highest BCUT2D eigenvalue weighted by molar-refractivity contribution is 5.75. The van der Waals surface area contributed by atoms with Crippen molar-refractivity contribution in [3.05, 3.63) is 71.3 Å². The number of aryl methyl sites for hydroxylation is 1.